The number of anilines is 1. The highest BCUT2D eigenvalue weighted by Crippen LogP contribution is 2.25. The normalized spacial score (nSPS) is 18.7. The van der Waals surface area contributed by atoms with Crippen LogP contribution in [0.2, 0.25) is 5.02 Å². The molecule has 0 saturated carbocycles. The predicted molar refractivity (Wildman–Crippen MR) is 81.0 cm³/mol. The first kappa shape index (κ1) is 15.9. The Morgan fingerprint density at radius 1 is 1.48 bits per heavy atom. The van der Waals surface area contributed by atoms with Crippen molar-refractivity contribution in [3.8, 4) is 0 Å². The van der Waals surface area contributed by atoms with Gasteiger partial charge in [-0.25, -0.2) is 9.18 Å². The molecule has 21 heavy (non-hydrogen) atoms. The molecule has 1 aromatic rings. The zero-order valence-corrected chi connectivity index (χ0v) is 13.2. The zero-order valence-electron chi connectivity index (χ0n) is 12.5. The van der Waals surface area contributed by atoms with Gasteiger partial charge in [0.2, 0.25) is 0 Å². The summed E-state index contributed by atoms with van der Waals surface area (Å²) in [7, 11) is 0. The summed E-state index contributed by atoms with van der Waals surface area (Å²) in [5.74, 6) is -0.461. The fraction of sp³-hybridized carbons (Fsp3) is 0.533. The predicted octanol–water partition coefficient (Wildman–Crippen LogP) is 4.25. The summed E-state index contributed by atoms with van der Waals surface area (Å²) < 4.78 is 18.6. The van der Waals surface area contributed by atoms with Crippen LogP contribution in [-0.4, -0.2) is 29.3 Å². The van der Waals surface area contributed by atoms with Gasteiger partial charge in [-0.05, 0) is 51.8 Å². The van der Waals surface area contributed by atoms with Crippen LogP contribution in [0, 0.1) is 5.82 Å². The number of likely N-dealkylation sites (tertiary alicyclic amines) is 1. The van der Waals surface area contributed by atoms with E-state index >= 15 is 0 Å². The molecule has 0 bridgehead atoms. The van der Waals surface area contributed by atoms with Crippen LogP contribution in [0.25, 0.3) is 0 Å². The Labute approximate surface area is 129 Å². The summed E-state index contributed by atoms with van der Waals surface area (Å²) in [6.45, 7) is 6.15. The number of halogens is 2. The first-order valence-corrected chi connectivity index (χ1v) is 7.35. The maximum Gasteiger partial charge on any atom is 0.411 e. The lowest BCUT2D eigenvalue weighted by atomic mass is 10.2. The molecule has 1 fully saturated rings. The summed E-state index contributed by atoms with van der Waals surface area (Å²) in [5.41, 5.74) is 0.158. The van der Waals surface area contributed by atoms with Crippen molar-refractivity contribution in [3.05, 3.63) is 29.0 Å². The third-order valence-electron chi connectivity index (χ3n) is 3.13. The largest absolute Gasteiger partial charge is 0.444 e. The minimum atomic E-state index is -0.524. The SMILES string of the molecule is CC(C)(C)OC(=O)N1CCCC1Nc1ccc(F)c(Cl)c1. The highest BCUT2D eigenvalue weighted by Gasteiger charge is 2.32. The number of nitrogens with one attached hydrogen (secondary N) is 1. The molecule has 0 aromatic heterocycles. The van der Waals surface area contributed by atoms with E-state index < -0.39 is 11.4 Å². The number of hydrogen-bond donors (Lipinski definition) is 1. The maximum absolute atomic E-state index is 13.2. The van der Waals surface area contributed by atoms with Crippen LogP contribution in [0.5, 0.6) is 0 Å². The molecule has 116 valence electrons. The Balaban J connectivity index is 2.05. The van der Waals surface area contributed by atoms with Gasteiger partial charge in [-0.15, -0.1) is 0 Å². The zero-order chi connectivity index (χ0) is 15.6. The molecule has 6 heteroatoms. The van der Waals surface area contributed by atoms with E-state index in [2.05, 4.69) is 5.32 Å². The second kappa shape index (κ2) is 6.10. The molecule has 4 nitrogen and oxygen atoms in total. The van der Waals surface area contributed by atoms with Crippen LogP contribution in [-0.2, 0) is 4.74 Å². The van der Waals surface area contributed by atoms with Gasteiger partial charge in [-0.2, -0.15) is 0 Å². The van der Waals surface area contributed by atoms with E-state index in [4.69, 9.17) is 16.3 Å². The average Bonchev–Trinajstić information content (AvgIpc) is 2.80. The number of amides is 1. The number of ether oxygens (including phenoxy) is 1. The topological polar surface area (TPSA) is 41.6 Å². The highest BCUT2D eigenvalue weighted by atomic mass is 35.5. The van der Waals surface area contributed by atoms with Crippen molar-refractivity contribution in [2.24, 2.45) is 0 Å². The quantitative estimate of drug-likeness (QED) is 0.887. The molecule has 2 rings (SSSR count). The third kappa shape index (κ3) is 4.24. The molecule has 1 aromatic carbocycles. The van der Waals surface area contributed by atoms with Crippen LogP contribution in [0.3, 0.4) is 0 Å². The molecule has 1 unspecified atom stereocenters. The Hall–Kier alpha value is -1.49. The molecule has 0 aliphatic carbocycles. The maximum atomic E-state index is 13.2. The van der Waals surface area contributed by atoms with E-state index in [0.717, 1.165) is 12.8 Å². The Bertz CT molecular complexity index is 531. The molecule has 1 aliphatic heterocycles. The van der Waals surface area contributed by atoms with Crippen molar-refractivity contribution >= 4 is 23.4 Å². The second-order valence-corrected chi connectivity index (χ2v) is 6.51. The minimum absolute atomic E-state index is 0.0572. The average molecular weight is 315 g/mol. The lowest BCUT2D eigenvalue weighted by molar-refractivity contribution is 0.0244. The van der Waals surface area contributed by atoms with Crippen LogP contribution >= 0.6 is 11.6 Å². The van der Waals surface area contributed by atoms with Gasteiger partial charge in [0.1, 0.15) is 17.6 Å². The summed E-state index contributed by atoms with van der Waals surface area (Å²) in [6, 6.07) is 4.42. The first-order valence-electron chi connectivity index (χ1n) is 6.97. The van der Waals surface area contributed by atoms with Gasteiger partial charge in [0, 0.05) is 12.2 Å². The summed E-state index contributed by atoms with van der Waals surface area (Å²) in [5, 5.41) is 3.26. The molecule has 1 atom stereocenters. The van der Waals surface area contributed by atoms with Crippen molar-refractivity contribution in [2.75, 3.05) is 11.9 Å². The van der Waals surface area contributed by atoms with E-state index in [9.17, 15) is 9.18 Å². The molecule has 1 N–H and O–H groups in total. The lowest BCUT2D eigenvalue weighted by Gasteiger charge is -2.29. The molecule has 0 radical (unpaired) electrons. The van der Waals surface area contributed by atoms with E-state index in [-0.39, 0.29) is 17.3 Å². The molecular formula is C15H20ClFN2O2. The number of carbonyl (C=O) groups excluding carboxylic acids is 1. The Morgan fingerprint density at radius 3 is 2.81 bits per heavy atom. The monoisotopic (exact) mass is 314 g/mol. The van der Waals surface area contributed by atoms with Crippen molar-refractivity contribution in [1.29, 1.82) is 0 Å². The first-order chi connectivity index (χ1) is 9.76. The number of benzene rings is 1. The lowest BCUT2D eigenvalue weighted by Crippen LogP contribution is -2.43. The highest BCUT2D eigenvalue weighted by molar-refractivity contribution is 6.31. The van der Waals surface area contributed by atoms with Crippen LogP contribution in [0.15, 0.2) is 18.2 Å². The summed E-state index contributed by atoms with van der Waals surface area (Å²) in [6.07, 6.45) is 1.20. The number of nitrogens with zero attached hydrogens (tertiary/aromatic N) is 1. The number of rotatable bonds is 2. The molecule has 1 heterocycles. The van der Waals surface area contributed by atoms with E-state index in [1.165, 1.54) is 12.1 Å². The smallest absolute Gasteiger partial charge is 0.411 e. The second-order valence-electron chi connectivity index (χ2n) is 6.10. The summed E-state index contributed by atoms with van der Waals surface area (Å²) in [4.78, 5) is 13.8. The minimum Gasteiger partial charge on any atom is -0.444 e. The Morgan fingerprint density at radius 2 is 2.19 bits per heavy atom. The Kier molecular flexibility index (Phi) is 4.61. The molecule has 1 saturated heterocycles. The number of carbonyl (C=O) groups is 1. The van der Waals surface area contributed by atoms with Crippen molar-refractivity contribution in [1.82, 2.24) is 4.90 Å². The van der Waals surface area contributed by atoms with Crippen LogP contribution in [0.4, 0.5) is 14.9 Å². The van der Waals surface area contributed by atoms with Crippen molar-refractivity contribution in [3.63, 3.8) is 0 Å². The summed E-state index contributed by atoms with van der Waals surface area (Å²) >= 11 is 5.77. The van der Waals surface area contributed by atoms with Gasteiger partial charge in [-0.3, -0.25) is 4.90 Å². The van der Waals surface area contributed by atoms with Crippen LogP contribution < -0.4 is 5.32 Å². The van der Waals surface area contributed by atoms with Gasteiger partial charge in [-0.1, -0.05) is 11.6 Å². The molecule has 0 spiro atoms. The third-order valence-corrected chi connectivity index (χ3v) is 3.42. The number of hydrogen-bond acceptors (Lipinski definition) is 3. The van der Waals surface area contributed by atoms with Gasteiger partial charge in [0.15, 0.2) is 0 Å². The van der Waals surface area contributed by atoms with Gasteiger partial charge < -0.3 is 10.1 Å². The molecular weight excluding hydrogens is 295 g/mol. The van der Waals surface area contributed by atoms with E-state index in [0.29, 0.717) is 12.2 Å². The fourth-order valence-electron chi connectivity index (χ4n) is 2.23. The van der Waals surface area contributed by atoms with Gasteiger partial charge in [0.05, 0.1) is 5.02 Å². The van der Waals surface area contributed by atoms with Gasteiger partial charge in [0.25, 0.3) is 0 Å². The molecule has 1 aliphatic rings. The standard InChI is InChI=1S/C15H20ClFN2O2/c1-15(2,3)21-14(20)19-8-4-5-13(19)18-10-6-7-12(17)11(16)9-10/h6-7,9,13,18H,4-5,8H2,1-3H3. The fourth-order valence-corrected chi connectivity index (χ4v) is 2.41. The van der Waals surface area contributed by atoms with Crippen LogP contribution in [0.1, 0.15) is 33.6 Å². The van der Waals surface area contributed by atoms with Gasteiger partial charge >= 0.3 is 6.09 Å². The van der Waals surface area contributed by atoms with Crippen molar-refractivity contribution in [2.45, 2.75) is 45.4 Å². The van der Waals surface area contributed by atoms with E-state index in [1.54, 1.807) is 11.0 Å². The van der Waals surface area contributed by atoms with Crippen molar-refractivity contribution < 1.29 is 13.9 Å². The molecule has 1 amide bonds. The van der Waals surface area contributed by atoms with E-state index in [1.807, 2.05) is 20.8 Å².